The molecule has 0 aromatic carbocycles. The second-order valence-corrected chi connectivity index (χ2v) is 8.66. The van der Waals surface area contributed by atoms with E-state index in [9.17, 15) is 13.2 Å². The summed E-state index contributed by atoms with van der Waals surface area (Å²) in [5, 5.41) is 3.35. The molecule has 1 saturated carbocycles. The van der Waals surface area contributed by atoms with E-state index in [1.165, 1.54) is 6.26 Å². The van der Waals surface area contributed by atoms with E-state index in [0.717, 1.165) is 51.7 Å². The maximum absolute atomic E-state index is 12.7. The van der Waals surface area contributed by atoms with E-state index in [1.54, 1.807) is 0 Å². The molecule has 3 fully saturated rings. The van der Waals surface area contributed by atoms with E-state index in [0.29, 0.717) is 6.54 Å². The van der Waals surface area contributed by atoms with E-state index in [-0.39, 0.29) is 23.3 Å². The predicted octanol–water partition coefficient (Wildman–Crippen LogP) is -0.0837. The summed E-state index contributed by atoms with van der Waals surface area (Å²) >= 11 is 0. The first-order valence-corrected chi connectivity index (χ1v) is 9.76. The standard InChI is InChI=1S/C14H25N3O3S/c1-21(19,20)16-11-3-2-8-17(10-11)13(18)12-9-14(12)4-6-15-7-5-14/h11-12,15-16H,2-10H2,1H3. The fraction of sp³-hybridized carbons (Fsp3) is 0.929. The third kappa shape index (κ3) is 3.40. The van der Waals surface area contributed by atoms with Crippen molar-refractivity contribution in [1.82, 2.24) is 14.9 Å². The highest BCUT2D eigenvalue weighted by Crippen LogP contribution is 2.59. The molecular weight excluding hydrogens is 290 g/mol. The van der Waals surface area contributed by atoms with Crippen LogP contribution >= 0.6 is 0 Å². The van der Waals surface area contributed by atoms with E-state index in [4.69, 9.17) is 0 Å². The number of sulfonamides is 1. The van der Waals surface area contributed by atoms with Crippen LogP contribution in [0, 0.1) is 11.3 Å². The summed E-state index contributed by atoms with van der Waals surface area (Å²) in [4.78, 5) is 14.6. The van der Waals surface area contributed by atoms with Crippen molar-refractivity contribution in [3.8, 4) is 0 Å². The second kappa shape index (κ2) is 5.52. The summed E-state index contributed by atoms with van der Waals surface area (Å²) in [7, 11) is -3.20. The van der Waals surface area contributed by atoms with Crippen LogP contribution in [0.15, 0.2) is 0 Å². The Bertz CT molecular complexity index is 514. The number of nitrogens with zero attached hydrogens (tertiary/aromatic N) is 1. The van der Waals surface area contributed by atoms with Gasteiger partial charge in [-0.05, 0) is 50.6 Å². The van der Waals surface area contributed by atoms with Crippen molar-refractivity contribution in [2.75, 3.05) is 32.4 Å². The van der Waals surface area contributed by atoms with E-state index in [1.807, 2.05) is 4.90 Å². The van der Waals surface area contributed by atoms with Crippen LogP contribution < -0.4 is 10.0 Å². The molecule has 2 unspecified atom stereocenters. The molecule has 120 valence electrons. The number of piperidine rings is 2. The van der Waals surface area contributed by atoms with Crippen LogP contribution in [0.3, 0.4) is 0 Å². The molecule has 1 amide bonds. The van der Waals surface area contributed by atoms with Gasteiger partial charge in [-0.1, -0.05) is 0 Å². The van der Waals surface area contributed by atoms with Crippen molar-refractivity contribution >= 4 is 15.9 Å². The van der Waals surface area contributed by atoms with E-state index < -0.39 is 10.0 Å². The first-order valence-electron chi connectivity index (χ1n) is 7.86. The molecule has 7 heteroatoms. The quantitative estimate of drug-likeness (QED) is 0.763. The highest BCUT2D eigenvalue weighted by molar-refractivity contribution is 7.88. The molecule has 1 aliphatic carbocycles. The van der Waals surface area contributed by atoms with Crippen molar-refractivity contribution in [3.05, 3.63) is 0 Å². The van der Waals surface area contributed by atoms with Crippen LogP contribution in [0.1, 0.15) is 32.1 Å². The van der Waals surface area contributed by atoms with Gasteiger partial charge in [0.25, 0.3) is 0 Å². The van der Waals surface area contributed by atoms with Crippen LogP contribution in [-0.4, -0.2) is 57.7 Å². The lowest BCUT2D eigenvalue weighted by Gasteiger charge is -2.34. The molecule has 0 bridgehead atoms. The lowest BCUT2D eigenvalue weighted by Crippen LogP contribution is -2.50. The highest BCUT2D eigenvalue weighted by Gasteiger charge is 2.58. The Morgan fingerprint density at radius 2 is 2.05 bits per heavy atom. The number of carbonyl (C=O) groups is 1. The molecule has 2 aliphatic heterocycles. The normalized spacial score (nSPS) is 32.1. The largest absolute Gasteiger partial charge is 0.341 e. The van der Waals surface area contributed by atoms with Crippen LogP contribution in [-0.2, 0) is 14.8 Å². The van der Waals surface area contributed by atoms with Gasteiger partial charge in [0.1, 0.15) is 0 Å². The van der Waals surface area contributed by atoms with Gasteiger partial charge in [0.05, 0.1) is 6.26 Å². The lowest BCUT2D eigenvalue weighted by atomic mass is 9.91. The zero-order valence-electron chi connectivity index (χ0n) is 12.6. The summed E-state index contributed by atoms with van der Waals surface area (Å²) in [6.45, 7) is 3.33. The SMILES string of the molecule is CS(=O)(=O)NC1CCCN(C(=O)C2CC23CCNCC3)C1. The molecular formula is C14H25N3O3S. The van der Waals surface area contributed by atoms with Crippen LogP contribution in [0.5, 0.6) is 0 Å². The fourth-order valence-electron chi connectivity index (χ4n) is 3.97. The highest BCUT2D eigenvalue weighted by atomic mass is 32.2. The minimum absolute atomic E-state index is 0.125. The Balaban J connectivity index is 1.58. The molecule has 3 rings (SSSR count). The van der Waals surface area contributed by atoms with E-state index in [2.05, 4.69) is 10.0 Å². The van der Waals surface area contributed by atoms with Gasteiger partial charge in [0.15, 0.2) is 0 Å². The monoisotopic (exact) mass is 315 g/mol. The molecule has 21 heavy (non-hydrogen) atoms. The number of carbonyl (C=O) groups excluding carboxylic acids is 1. The van der Waals surface area contributed by atoms with Crippen LogP contribution in [0.4, 0.5) is 0 Å². The summed E-state index contributed by atoms with van der Waals surface area (Å²) in [5.41, 5.74) is 0.250. The summed E-state index contributed by atoms with van der Waals surface area (Å²) in [6.07, 6.45) is 6.09. The maximum Gasteiger partial charge on any atom is 0.226 e. The lowest BCUT2D eigenvalue weighted by molar-refractivity contribution is -0.134. The molecule has 2 N–H and O–H groups in total. The first-order chi connectivity index (χ1) is 9.90. The zero-order chi connectivity index (χ0) is 15.1. The number of amides is 1. The summed E-state index contributed by atoms with van der Waals surface area (Å²) in [6, 6.07) is -0.125. The number of hydrogen-bond donors (Lipinski definition) is 2. The average Bonchev–Trinajstić information content (AvgIpc) is 3.10. The average molecular weight is 315 g/mol. The Labute approximate surface area is 126 Å². The van der Waals surface area contributed by atoms with Crippen molar-refractivity contribution < 1.29 is 13.2 Å². The maximum atomic E-state index is 12.7. The van der Waals surface area contributed by atoms with Gasteiger partial charge in [-0.25, -0.2) is 13.1 Å². The molecule has 0 aromatic heterocycles. The van der Waals surface area contributed by atoms with E-state index >= 15 is 0 Å². The topological polar surface area (TPSA) is 78.5 Å². The molecule has 2 saturated heterocycles. The number of hydrogen-bond acceptors (Lipinski definition) is 4. The fourth-order valence-corrected chi connectivity index (χ4v) is 4.77. The molecule has 0 aromatic rings. The molecule has 6 nitrogen and oxygen atoms in total. The predicted molar refractivity (Wildman–Crippen MR) is 80.2 cm³/mol. The Morgan fingerprint density at radius 1 is 1.33 bits per heavy atom. The third-order valence-corrected chi connectivity index (χ3v) is 5.96. The smallest absolute Gasteiger partial charge is 0.226 e. The van der Waals surface area contributed by atoms with Gasteiger partial charge in [0.2, 0.25) is 15.9 Å². The first kappa shape index (κ1) is 15.2. The zero-order valence-corrected chi connectivity index (χ0v) is 13.4. The third-order valence-electron chi connectivity index (χ3n) is 5.20. The second-order valence-electron chi connectivity index (χ2n) is 6.88. The number of nitrogens with one attached hydrogen (secondary N) is 2. The van der Waals surface area contributed by atoms with Gasteiger partial charge in [-0.3, -0.25) is 4.79 Å². The number of rotatable bonds is 3. The van der Waals surface area contributed by atoms with Gasteiger partial charge in [-0.2, -0.15) is 0 Å². The summed E-state index contributed by atoms with van der Waals surface area (Å²) < 4.78 is 25.3. The van der Waals surface area contributed by atoms with Crippen molar-refractivity contribution in [3.63, 3.8) is 0 Å². The molecule has 1 spiro atoms. The Morgan fingerprint density at radius 3 is 2.71 bits per heavy atom. The number of likely N-dealkylation sites (tertiary alicyclic amines) is 1. The minimum Gasteiger partial charge on any atom is -0.341 e. The summed E-state index contributed by atoms with van der Waals surface area (Å²) in [5.74, 6) is 0.425. The van der Waals surface area contributed by atoms with Gasteiger partial charge in [0, 0.05) is 25.0 Å². The van der Waals surface area contributed by atoms with Crippen molar-refractivity contribution in [2.45, 2.75) is 38.1 Å². The van der Waals surface area contributed by atoms with Crippen LogP contribution in [0.25, 0.3) is 0 Å². The van der Waals surface area contributed by atoms with Crippen molar-refractivity contribution in [2.24, 2.45) is 11.3 Å². The Hall–Kier alpha value is -0.660. The molecule has 2 heterocycles. The van der Waals surface area contributed by atoms with Gasteiger partial charge < -0.3 is 10.2 Å². The molecule has 3 aliphatic rings. The molecule has 2 atom stereocenters. The van der Waals surface area contributed by atoms with Gasteiger partial charge >= 0.3 is 0 Å². The Kier molecular flexibility index (Phi) is 4.00. The van der Waals surface area contributed by atoms with Crippen molar-refractivity contribution in [1.29, 1.82) is 0 Å². The van der Waals surface area contributed by atoms with Crippen LogP contribution in [0.2, 0.25) is 0 Å². The minimum atomic E-state index is -3.20. The van der Waals surface area contributed by atoms with Gasteiger partial charge in [-0.15, -0.1) is 0 Å². The molecule has 0 radical (unpaired) electrons.